The molecule has 1 aromatic rings. The van der Waals surface area contributed by atoms with Gasteiger partial charge in [0.05, 0.1) is 25.4 Å². The number of β-amino-alcohol motifs (C(OH)–C–C–N with tert-alkyl or cyclic N) is 1. The Hall–Kier alpha value is -2.04. The molecule has 2 aliphatic heterocycles. The molecule has 2 fully saturated rings. The number of carbonyl (C=O) groups is 2. The predicted octanol–water partition coefficient (Wildman–Crippen LogP) is -0.270. The average Bonchev–Trinajstić information content (AvgIpc) is 3.28. The summed E-state index contributed by atoms with van der Waals surface area (Å²) in [6.45, 7) is 7.68. The summed E-state index contributed by atoms with van der Waals surface area (Å²) in [7, 11) is 0. The summed E-state index contributed by atoms with van der Waals surface area (Å²) >= 11 is 0. The fraction of sp³-hybridized carbons (Fsp3) is 0.765. The van der Waals surface area contributed by atoms with Crippen molar-refractivity contribution in [2.75, 3.05) is 39.4 Å². The number of carbonyl (C=O) groups excluding carboxylic acids is 1. The van der Waals surface area contributed by atoms with E-state index in [9.17, 15) is 9.90 Å². The summed E-state index contributed by atoms with van der Waals surface area (Å²) < 4.78 is 10.9. The standard InChI is InChI=1S/C16H26N4O4.CH2O2/c1-11(2)16-18-17-14(24-16)3-4-15(22)20-9-12(13(21)10-20)19-5-7-23-8-6-19;2-1-3/h11-13,21H,3-10H2,1-2H3;1H,(H,2,3)/t12-,13-;/m1./s1. The minimum absolute atomic E-state index is 0.00815. The van der Waals surface area contributed by atoms with Gasteiger partial charge in [0.1, 0.15) is 0 Å². The molecule has 27 heavy (non-hydrogen) atoms. The van der Waals surface area contributed by atoms with Crippen LogP contribution in [-0.4, -0.2) is 94.1 Å². The van der Waals surface area contributed by atoms with E-state index >= 15 is 0 Å². The van der Waals surface area contributed by atoms with Gasteiger partial charge in [0, 0.05) is 44.9 Å². The zero-order valence-corrected chi connectivity index (χ0v) is 15.8. The second-order valence-electron chi connectivity index (χ2n) is 6.88. The first-order valence-electron chi connectivity index (χ1n) is 9.14. The molecule has 10 nitrogen and oxygen atoms in total. The van der Waals surface area contributed by atoms with Crippen LogP contribution < -0.4 is 0 Å². The normalized spacial score (nSPS) is 23.2. The lowest BCUT2D eigenvalue weighted by Crippen LogP contribution is -2.49. The number of aryl methyl sites for hydroxylation is 1. The number of aliphatic hydroxyl groups is 1. The van der Waals surface area contributed by atoms with E-state index in [1.807, 2.05) is 13.8 Å². The van der Waals surface area contributed by atoms with Crippen LogP contribution in [0.4, 0.5) is 0 Å². The highest BCUT2D eigenvalue weighted by Crippen LogP contribution is 2.19. The molecule has 2 N–H and O–H groups in total. The lowest BCUT2D eigenvalue weighted by Gasteiger charge is -2.33. The molecule has 1 amide bonds. The Balaban J connectivity index is 0.000000817. The van der Waals surface area contributed by atoms with E-state index in [1.54, 1.807) is 4.90 Å². The summed E-state index contributed by atoms with van der Waals surface area (Å²) in [6, 6.07) is 0.00815. The summed E-state index contributed by atoms with van der Waals surface area (Å²) in [5, 5.41) is 25.1. The zero-order valence-electron chi connectivity index (χ0n) is 15.8. The molecular weight excluding hydrogens is 356 g/mol. The van der Waals surface area contributed by atoms with Crippen LogP contribution in [0.25, 0.3) is 0 Å². The minimum atomic E-state index is -0.497. The number of amides is 1. The van der Waals surface area contributed by atoms with Crippen LogP contribution in [-0.2, 0) is 20.7 Å². The fourth-order valence-corrected chi connectivity index (χ4v) is 3.21. The van der Waals surface area contributed by atoms with Gasteiger partial charge in [-0.15, -0.1) is 10.2 Å². The maximum Gasteiger partial charge on any atom is 0.290 e. The van der Waals surface area contributed by atoms with Crippen molar-refractivity contribution in [1.82, 2.24) is 20.0 Å². The molecule has 0 aliphatic carbocycles. The Morgan fingerprint density at radius 3 is 2.56 bits per heavy atom. The molecule has 10 heteroatoms. The van der Waals surface area contributed by atoms with Gasteiger partial charge >= 0.3 is 0 Å². The minimum Gasteiger partial charge on any atom is -0.483 e. The summed E-state index contributed by atoms with van der Waals surface area (Å²) in [6.07, 6.45) is 0.262. The van der Waals surface area contributed by atoms with Gasteiger partial charge in [-0.25, -0.2) is 0 Å². The molecule has 2 aliphatic rings. The molecular formula is C17H28N4O6. The molecule has 3 heterocycles. The summed E-state index contributed by atoms with van der Waals surface area (Å²) in [5.41, 5.74) is 0. The van der Waals surface area contributed by atoms with Crippen LogP contribution in [0.2, 0.25) is 0 Å². The number of nitrogens with zero attached hydrogens (tertiary/aromatic N) is 4. The number of hydrogen-bond donors (Lipinski definition) is 2. The van der Waals surface area contributed by atoms with Gasteiger partial charge in [0.2, 0.25) is 17.7 Å². The number of rotatable bonds is 5. The first kappa shape index (κ1) is 21.3. The Labute approximate surface area is 158 Å². The van der Waals surface area contributed by atoms with Crippen LogP contribution in [0.5, 0.6) is 0 Å². The first-order chi connectivity index (χ1) is 13.0. The molecule has 3 rings (SSSR count). The SMILES string of the molecule is CC(C)c1nnc(CCC(=O)N2C[C@@H](O)[C@H](N3CCOCC3)C2)o1.O=CO. The molecule has 0 bridgehead atoms. The maximum atomic E-state index is 12.4. The number of morpholine rings is 1. The average molecular weight is 384 g/mol. The zero-order chi connectivity index (χ0) is 19.8. The monoisotopic (exact) mass is 384 g/mol. The van der Waals surface area contributed by atoms with Gasteiger partial charge in [0.25, 0.3) is 6.47 Å². The number of carboxylic acid groups (broad SMARTS) is 1. The van der Waals surface area contributed by atoms with E-state index < -0.39 is 6.10 Å². The lowest BCUT2D eigenvalue weighted by atomic mass is 10.1. The van der Waals surface area contributed by atoms with E-state index in [1.165, 1.54) is 0 Å². The number of aliphatic hydroxyl groups excluding tert-OH is 1. The Morgan fingerprint density at radius 1 is 1.30 bits per heavy atom. The molecule has 0 spiro atoms. The van der Waals surface area contributed by atoms with Crippen molar-refractivity contribution in [1.29, 1.82) is 0 Å². The third-order valence-corrected chi connectivity index (χ3v) is 4.66. The summed E-state index contributed by atoms with van der Waals surface area (Å²) in [5.74, 6) is 1.30. The van der Waals surface area contributed by atoms with Crippen molar-refractivity contribution < 1.29 is 29.0 Å². The quantitative estimate of drug-likeness (QED) is 0.659. The van der Waals surface area contributed by atoms with Crippen molar-refractivity contribution in [2.24, 2.45) is 0 Å². The fourth-order valence-electron chi connectivity index (χ4n) is 3.21. The van der Waals surface area contributed by atoms with Gasteiger partial charge in [-0.1, -0.05) is 13.8 Å². The van der Waals surface area contributed by atoms with Crippen LogP contribution in [0.3, 0.4) is 0 Å². The Bertz CT molecular complexity index is 602. The van der Waals surface area contributed by atoms with Crippen LogP contribution in [0, 0.1) is 0 Å². The van der Waals surface area contributed by atoms with E-state index in [-0.39, 0.29) is 24.3 Å². The molecule has 0 radical (unpaired) electrons. The Morgan fingerprint density at radius 2 is 1.96 bits per heavy atom. The smallest absolute Gasteiger partial charge is 0.290 e. The van der Waals surface area contributed by atoms with E-state index in [0.717, 1.165) is 13.1 Å². The highest BCUT2D eigenvalue weighted by atomic mass is 16.5. The van der Waals surface area contributed by atoms with Crippen molar-refractivity contribution in [3.63, 3.8) is 0 Å². The number of aromatic nitrogens is 2. The van der Waals surface area contributed by atoms with E-state index in [2.05, 4.69) is 15.1 Å². The maximum absolute atomic E-state index is 12.4. The predicted molar refractivity (Wildman–Crippen MR) is 94.2 cm³/mol. The van der Waals surface area contributed by atoms with Crippen LogP contribution >= 0.6 is 0 Å². The van der Waals surface area contributed by atoms with Crippen LogP contribution in [0.15, 0.2) is 4.42 Å². The number of likely N-dealkylation sites (tertiary alicyclic amines) is 1. The topological polar surface area (TPSA) is 129 Å². The van der Waals surface area contributed by atoms with E-state index in [4.69, 9.17) is 19.1 Å². The molecule has 2 atom stereocenters. The molecule has 152 valence electrons. The Kier molecular flexibility index (Phi) is 8.14. The van der Waals surface area contributed by atoms with Gasteiger partial charge in [-0.2, -0.15) is 0 Å². The molecule has 0 aromatic carbocycles. The molecule has 0 saturated carbocycles. The molecule has 1 aromatic heterocycles. The largest absolute Gasteiger partial charge is 0.483 e. The highest BCUT2D eigenvalue weighted by Gasteiger charge is 2.37. The van der Waals surface area contributed by atoms with Crippen molar-refractivity contribution >= 4 is 12.4 Å². The van der Waals surface area contributed by atoms with Gasteiger partial charge in [0.15, 0.2) is 0 Å². The van der Waals surface area contributed by atoms with Crippen LogP contribution in [0.1, 0.15) is 38.0 Å². The van der Waals surface area contributed by atoms with E-state index in [0.29, 0.717) is 50.9 Å². The highest BCUT2D eigenvalue weighted by molar-refractivity contribution is 5.76. The number of hydrogen-bond acceptors (Lipinski definition) is 8. The first-order valence-corrected chi connectivity index (χ1v) is 9.14. The second-order valence-corrected chi connectivity index (χ2v) is 6.88. The van der Waals surface area contributed by atoms with Crippen molar-refractivity contribution in [3.05, 3.63) is 11.8 Å². The third kappa shape index (κ3) is 5.98. The second kappa shape index (κ2) is 10.3. The third-order valence-electron chi connectivity index (χ3n) is 4.66. The van der Waals surface area contributed by atoms with Gasteiger partial charge in [-0.3, -0.25) is 14.5 Å². The number of ether oxygens (including phenoxy) is 1. The van der Waals surface area contributed by atoms with Gasteiger partial charge < -0.3 is 24.3 Å². The van der Waals surface area contributed by atoms with Crippen molar-refractivity contribution in [3.8, 4) is 0 Å². The van der Waals surface area contributed by atoms with Gasteiger partial charge in [-0.05, 0) is 0 Å². The molecule has 2 saturated heterocycles. The van der Waals surface area contributed by atoms with Crippen molar-refractivity contribution in [2.45, 2.75) is 44.8 Å². The summed E-state index contributed by atoms with van der Waals surface area (Å²) in [4.78, 5) is 24.7. The molecule has 0 unspecified atom stereocenters. The lowest BCUT2D eigenvalue weighted by molar-refractivity contribution is -0.130.